The van der Waals surface area contributed by atoms with E-state index in [-0.39, 0.29) is 10.3 Å². The molecule has 0 saturated carbocycles. The Morgan fingerprint density at radius 1 is 1.21 bits per heavy atom. The van der Waals surface area contributed by atoms with Gasteiger partial charge in [0.2, 0.25) is 0 Å². The van der Waals surface area contributed by atoms with Crippen molar-refractivity contribution in [2.24, 2.45) is 5.92 Å². The summed E-state index contributed by atoms with van der Waals surface area (Å²) in [4.78, 5) is 16.7. The number of hydrogen-bond acceptors (Lipinski definition) is 4. The summed E-state index contributed by atoms with van der Waals surface area (Å²) in [7, 11) is -3.86. The molecular formula is C21H28N2O3S2. The number of carbonyl (C=O) groups is 1. The Kier molecular flexibility index (Phi) is 5.71. The van der Waals surface area contributed by atoms with Crippen molar-refractivity contribution in [1.82, 2.24) is 10.3 Å². The van der Waals surface area contributed by atoms with Crippen molar-refractivity contribution < 1.29 is 13.2 Å². The summed E-state index contributed by atoms with van der Waals surface area (Å²) < 4.78 is 25.6. The fourth-order valence-electron chi connectivity index (χ4n) is 3.40. The van der Waals surface area contributed by atoms with Crippen LogP contribution < -0.4 is 10.3 Å². The molecule has 1 aromatic heterocycles. The van der Waals surface area contributed by atoms with Crippen molar-refractivity contribution in [1.29, 1.82) is 0 Å². The molecule has 0 radical (unpaired) electrons. The van der Waals surface area contributed by atoms with Crippen molar-refractivity contribution >= 4 is 27.3 Å². The van der Waals surface area contributed by atoms with Crippen LogP contribution in [0.25, 0.3) is 0 Å². The molecule has 0 aliphatic heterocycles. The van der Waals surface area contributed by atoms with E-state index in [4.69, 9.17) is 0 Å². The van der Waals surface area contributed by atoms with E-state index in [1.807, 2.05) is 32.9 Å². The number of hydrogen-bond donors (Lipinski definition) is 2. The lowest BCUT2D eigenvalue weighted by Crippen LogP contribution is -2.41. The first kappa shape index (κ1) is 21.0. The van der Waals surface area contributed by atoms with E-state index in [2.05, 4.69) is 17.2 Å². The molecule has 1 amide bonds. The smallest absolute Gasteiger partial charge is 0.273 e. The summed E-state index contributed by atoms with van der Waals surface area (Å²) >= 11 is 1.45. The molecular weight excluding hydrogens is 392 g/mol. The molecule has 3 rings (SSSR count). The van der Waals surface area contributed by atoms with E-state index < -0.39 is 15.9 Å². The Balaban J connectivity index is 1.76. The highest BCUT2D eigenvalue weighted by molar-refractivity contribution is 7.89. The second-order valence-corrected chi connectivity index (χ2v) is 11.5. The average molecular weight is 421 g/mol. The SMILES string of the molecule is Cc1ccc(C(C)(C)C)cc1S(=O)(=O)NNC(=O)c1cc2c(s1)CC[C@@H](C)C2. The zero-order valence-electron chi connectivity index (χ0n) is 17.0. The molecule has 2 N–H and O–H groups in total. The highest BCUT2D eigenvalue weighted by atomic mass is 32.2. The van der Waals surface area contributed by atoms with Gasteiger partial charge in [-0.1, -0.05) is 39.8 Å². The fourth-order valence-corrected chi connectivity index (χ4v) is 5.62. The standard InChI is InChI=1S/C21H28N2O3S2/c1-13-6-9-17-15(10-13)11-18(27-17)20(24)22-23-28(25,26)19-12-16(21(3,4)5)8-7-14(19)2/h7-8,11-13,23H,6,9-10H2,1-5H3,(H,22,24)/t13-/m1/s1. The molecule has 1 atom stereocenters. The van der Waals surface area contributed by atoms with Crippen LogP contribution in [0, 0.1) is 12.8 Å². The summed E-state index contributed by atoms with van der Waals surface area (Å²) in [6, 6.07) is 7.30. The Bertz CT molecular complexity index is 1000. The summed E-state index contributed by atoms with van der Waals surface area (Å²) in [6.45, 7) is 10.0. The van der Waals surface area contributed by atoms with E-state index in [0.717, 1.165) is 24.8 Å². The van der Waals surface area contributed by atoms with Gasteiger partial charge in [-0.25, -0.2) is 8.42 Å². The number of carbonyl (C=O) groups excluding carboxylic acids is 1. The highest BCUT2D eigenvalue weighted by Crippen LogP contribution is 2.32. The van der Waals surface area contributed by atoms with Gasteiger partial charge in [0, 0.05) is 4.88 Å². The topological polar surface area (TPSA) is 75.3 Å². The van der Waals surface area contributed by atoms with E-state index >= 15 is 0 Å². The van der Waals surface area contributed by atoms with Crippen LogP contribution in [-0.4, -0.2) is 14.3 Å². The van der Waals surface area contributed by atoms with Crippen LogP contribution in [0.2, 0.25) is 0 Å². The van der Waals surface area contributed by atoms with E-state index in [0.29, 0.717) is 16.4 Å². The predicted octanol–water partition coefficient (Wildman–Crippen LogP) is 4.10. The van der Waals surface area contributed by atoms with Crippen LogP contribution in [0.3, 0.4) is 0 Å². The van der Waals surface area contributed by atoms with Gasteiger partial charge < -0.3 is 0 Å². The molecule has 1 aliphatic carbocycles. The van der Waals surface area contributed by atoms with Crippen molar-refractivity contribution in [2.45, 2.75) is 64.2 Å². The van der Waals surface area contributed by atoms with Crippen LogP contribution in [0.5, 0.6) is 0 Å². The lowest BCUT2D eigenvalue weighted by Gasteiger charge is -2.21. The molecule has 7 heteroatoms. The number of amides is 1. The number of sulfonamides is 1. The van der Waals surface area contributed by atoms with Gasteiger partial charge in [0.05, 0.1) is 9.77 Å². The molecule has 1 heterocycles. The Labute approximate surface area is 171 Å². The maximum absolute atomic E-state index is 12.8. The number of aryl methyl sites for hydroxylation is 2. The quantitative estimate of drug-likeness (QED) is 0.731. The van der Waals surface area contributed by atoms with Crippen LogP contribution in [-0.2, 0) is 28.3 Å². The summed E-state index contributed by atoms with van der Waals surface area (Å²) in [5.41, 5.74) is 4.97. The van der Waals surface area contributed by atoms with Crippen molar-refractivity contribution in [2.75, 3.05) is 0 Å². The first-order chi connectivity index (χ1) is 13.0. The van der Waals surface area contributed by atoms with Crippen molar-refractivity contribution in [3.05, 3.63) is 50.7 Å². The largest absolute Gasteiger partial charge is 0.276 e. The maximum Gasteiger partial charge on any atom is 0.276 e. The zero-order chi connectivity index (χ0) is 20.7. The van der Waals surface area contributed by atoms with Gasteiger partial charge >= 0.3 is 0 Å². The number of fused-ring (bicyclic) bond motifs is 1. The summed E-state index contributed by atoms with van der Waals surface area (Å²) in [5.74, 6) is 0.204. The minimum Gasteiger partial charge on any atom is -0.273 e. The van der Waals surface area contributed by atoms with Crippen LogP contribution in [0.1, 0.15) is 65.4 Å². The first-order valence-corrected chi connectivity index (χ1v) is 11.8. The van der Waals surface area contributed by atoms with Gasteiger partial charge in [0.15, 0.2) is 0 Å². The number of thiophene rings is 1. The maximum atomic E-state index is 12.8. The lowest BCUT2D eigenvalue weighted by molar-refractivity contribution is 0.0949. The summed E-state index contributed by atoms with van der Waals surface area (Å²) in [6.07, 6.45) is 3.09. The highest BCUT2D eigenvalue weighted by Gasteiger charge is 2.24. The minimum absolute atomic E-state index is 0.172. The van der Waals surface area contributed by atoms with Gasteiger partial charge in [-0.2, -0.15) is 0 Å². The van der Waals surface area contributed by atoms with E-state index in [9.17, 15) is 13.2 Å². The third-order valence-corrected chi connectivity index (χ3v) is 7.82. The Morgan fingerprint density at radius 3 is 2.61 bits per heavy atom. The fraction of sp³-hybridized carbons (Fsp3) is 0.476. The molecule has 0 saturated heterocycles. The molecule has 5 nitrogen and oxygen atoms in total. The second-order valence-electron chi connectivity index (χ2n) is 8.70. The normalized spacial score (nSPS) is 17.2. The number of rotatable bonds is 4. The molecule has 0 unspecified atom stereocenters. The molecule has 2 aromatic rings. The number of benzene rings is 1. The molecule has 0 bridgehead atoms. The van der Waals surface area contributed by atoms with Crippen LogP contribution in [0.4, 0.5) is 0 Å². The first-order valence-electron chi connectivity index (χ1n) is 9.52. The number of nitrogens with one attached hydrogen (secondary N) is 2. The van der Waals surface area contributed by atoms with Gasteiger partial charge in [0.1, 0.15) is 0 Å². The molecule has 0 spiro atoms. The Morgan fingerprint density at radius 2 is 1.93 bits per heavy atom. The molecule has 1 aromatic carbocycles. The predicted molar refractivity (Wildman–Crippen MR) is 113 cm³/mol. The molecule has 1 aliphatic rings. The molecule has 0 fully saturated rings. The lowest BCUT2D eigenvalue weighted by atomic mass is 9.87. The van der Waals surface area contributed by atoms with E-state index in [1.165, 1.54) is 21.8 Å². The van der Waals surface area contributed by atoms with Crippen LogP contribution in [0.15, 0.2) is 29.2 Å². The zero-order valence-corrected chi connectivity index (χ0v) is 18.7. The summed E-state index contributed by atoms with van der Waals surface area (Å²) in [5, 5.41) is 0. The molecule has 152 valence electrons. The van der Waals surface area contributed by atoms with Gasteiger partial charge in [-0.3, -0.25) is 10.2 Å². The third kappa shape index (κ3) is 4.47. The number of hydrazine groups is 1. The van der Waals surface area contributed by atoms with Gasteiger partial charge in [-0.15, -0.1) is 16.2 Å². The average Bonchev–Trinajstić information content (AvgIpc) is 3.02. The van der Waals surface area contributed by atoms with Crippen LogP contribution >= 0.6 is 11.3 Å². The Hall–Kier alpha value is -1.70. The molecule has 28 heavy (non-hydrogen) atoms. The van der Waals surface area contributed by atoms with Gasteiger partial charge in [0.25, 0.3) is 15.9 Å². The second kappa shape index (κ2) is 7.61. The monoisotopic (exact) mass is 420 g/mol. The van der Waals surface area contributed by atoms with Crippen molar-refractivity contribution in [3.63, 3.8) is 0 Å². The van der Waals surface area contributed by atoms with Gasteiger partial charge in [-0.05, 0) is 66.3 Å². The van der Waals surface area contributed by atoms with E-state index in [1.54, 1.807) is 19.1 Å². The minimum atomic E-state index is -3.86. The third-order valence-electron chi connectivity index (χ3n) is 5.20. The van der Waals surface area contributed by atoms with Crippen molar-refractivity contribution in [3.8, 4) is 0 Å².